The maximum Gasteiger partial charge on any atom is 0.158 e. The molecule has 5 heteroatoms. The molecule has 0 atom stereocenters. The monoisotopic (exact) mass is 234 g/mol. The molecule has 0 aliphatic heterocycles. The molecule has 1 heterocycles. The first-order chi connectivity index (χ1) is 8.22. The third kappa shape index (κ3) is 5.83. The van der Waals surface area contributed by atoms with Crippen molar-refractivity contribution in [2.24, 2.45) is 5.92 Å². The molecule has 1 rings (SSSR count). The Balaban J connectivity index is 2.12. The number of nitrogens with zero attached hydrogens (tertiary/aromatic N) is 3. The average Bonchev–Trinajstić information content (AvgIpc) is 2.34. The molecule has 1 aromatic rings. The average molecular weight is 234 g/mol. The van der Waals surface area contributed by atoms with Gasteiger partial charge >= 0.3 is 0 Å². The zero-order chi connectivity index (χ0) is 12.5. The van der Waals surface area contributed by atoms with Gasteiger partial charge in [-0.1, -0.05) is 13.8 Å². The van der Waals surface area contributed by atoms with Crippen molar-refractivity contribution in [3.8, 4) is 6.07 Å². The van der Waals surface area contributed by atoms with Crippen LogP contribution >= 0.6 is 0 Å². The molecule has 0 amide bonds. The van der Waals surface area contributed by atoms with Gasteiger partial charge in [0.05, 0.1) is 19.0 Å². The fourth-order valence-corrected chi connectivity index (χ4v) is 1.15. The Morgan fingerprint density at radius 2 is 2.18 bits per heavy atom. The van der Waals surface area contributed by atoms with Crippen LogP contribution in [0.3, 0.4) is 0 Å². The van der Waals surface area contributed by atoms with E-state index in [2.05, 4.69) is 29.1 Å². The van der Waals surface area contributed by atoms with E-state index in [1.54, 1.807) is 6.20 Å². The Kier molecular flexibility index (Phi) is 5.97. The van der Waals surface area contributed by atoms with Crippen LogP contribution in [-0.4, -0.2) is 29.7 Å². The molecule has 0 aliphatic carbocycles. The Labute approximate surface area is 102 Å². The number of hydrogen-bond donors (Lipinski definition) is 1. The summed E-state index contributed by atoms with van der Waals surface area (Å²) in [5, 5.41) is 11.6. The van der Waals surface area contributed by atoms with Crippen molar-refractivity contribution in [3.63, 3.8) is 0 Å². The number of ether oxygens (including phenoxy) is 1. The summed E-state index contributed by atoms with van der Waals surface area (Å²) in [4.78, 5) is 7.95. The van der Waals surface area contributed by atoms with Crippen LogP contribution in [0.15, 0.2) is 12.4 Å². The number of nitrogens with one attached hydrogen (secondary N) is 1. The third-order valence-corrected chi connectivity index (χ3v) is 2.16. The van der Waals surface area contributed by atoms with Crippen LogP contribution in [0.25, 0.3) is 0 Å². The Bertz CT molecular complexity index is 356. The summed E-state index contributed by atoms with van der Waals surface area (Å²) in [7, 11) is 0. The maximum absolute atomic E-state index is 8.55. The van der Waals surface area contributed by atoms with Gasteiger partial charge in [0.15, 0.2) is 5.69 Å². The minimum atomic E-state index is 0.323. The lowest BCUT2D eigenvalue weighted by molar-refractivity contribution is 0.132. The van der Waals surface area contributed by atoms with Crippen LogP contribution in [-0.2, 0) is 4.74 Å². The van der Waals surface area contributed by atoms with Crippen LogP contribution in [0.1, 0.15) is 26.0 Å². The molecule has 5 nitrogen and oxygen atoms in total. The minimum Gasteiger partial charge on any atom is -0.380 e. The molecule has 17 heavy (non-hydrogen) atoms. The van der Waals surface area contributed by atoms with E-state index in [-0.39, 0.29) is 0 Å². The summed E-state index contributed by atoms with van der Waals surface area (Å²) >= 11 is 0. The first-order valence-corrected chi connectivity index (χ1v) is 5.76. The summed E-state index contributed by atoms with van der Waals surface area (Å²) in [6.45, 7) is 6.48. The number of hydrogen-bond acceptors (Lipinski definition) is 5. The largest absolute Gasteiger partial charge is 0.380 e. The van der Waals surface area contributed by atoms with E-state index >= 15 is 0 Å². The van der Waals surface area contributed by atoms with Gasteiger partial charge in [0, 0.05) is 13.2 Å². The topological polar surface area (TPSA) is 70.8 Å². The summed E-state index contributed by atoms with van der Waals surface area (Å²) in [6.07, 6.45) is 4.07. The lowest BCUT2D eigenvalue weighted by Gasteiger charge is -2.07. The van der Waals surface area contributed by atoms with Crippen molar-refractivity contribution in [1.82, 2.24) is 9.97 Å². The van der Waals surface area contributed by atoms with Gasteiger partial charge in [0.2, 0.25) is 0 Å². The molecule has 0 unspecified atom stereocenters. The number of rotatable bonds is 7. The highest BCUT2D eigenvalue weighted by molar-refractivity contribution is 5.32. The summed E-state index contributed by atoms with van der Waals surface area (Å²) in [5.41, 5.74) is 0.323. The molecule has 1 N–H and O–H groups in total. The molecule has 0 spiro atoms. The second-order valence-electron chi connectivity index (χ2n) is 4.12. The van der Waals surface area contributed by atoms with Gasteiger partial charge in [-0.3, -0.25) is 0 Å². The van der Waals surface area contributed by atoms with E-state index < -0.39 is 0 Å². The van der Waals surface area contributed by atoms with Crippen molar-refractivity contribution < 1.29 is 4.74 Å². The fraction of sp³-hybridized carbons (Fsp3) is 0.583. The van der Waals surface area contributed by atoms with Gasteiger partial charge < -0.3 is 10.1 Å². The van der Waals surface area contributed by atoms with Crippen LogP contribution in [0.5, 0.6) is 0 Å². The lowest BCUT2D eigenvalue weighted by atomic mass is 10.1. The predicted octanol–water partition coefficient (Wildman–Crippen LogP) is 1.82. The SMILES string of the molecule is CC(C)CCOCCNc1cnc(C#N)cn1. The van der Waals surface area contributed by atoms with E-state index in [1.165, 1.54) is 6.20 Å². The number of aromatic nitrogens is 2. The first-order valence-electron chi connectivity index (χ1n) is 5.76. The van der Waals surface area contributed by atoms with Gasteiger partial charge in [-0.15, -0.1) is 0 Å². The quantitative estimate of drug-likeness (QED) is 0.729. The molecule has 0 aromatic carbocycles. The highest BCUT2D eigenvalue weighted by atomic mass is 16.5. The molecule has 1 aromatic heterocycles. The summed E-state index contributed by atoms with van der Waals surface area (Å²) in [6, 6.07) is 1.92. The zero-order valence-electron chi connectivity index (χ0n) is 10.3. The van der Waals surface area contributed by atoms with Gasteiger partial charge in [-0.2, -0.15) is 5.26 Å². The van der Waals surface area contributed by atoms with Crippen LogP contribution in [0.4, 0.5) is 5.82 Å². The molecule has 0 aliphatic rings. The lowest BCUT2D eigenvalue weighted by Crippen LogP contribution is -2.11. The molecule has 0 bridgehead atoms. The molecule has 0 saturated carbocycles. The minimum absolute atomic E-state index is 0.323. The first kappa shape index (κ1) is 13.4. The Hall–Kier alpha value is -1.67. The Morgan fingerprint density at radius 1 is 1.35 bits per heavy atom. The molecular weight excluding hydrogens is 216 g/mol. The normalized spacial score (nSPS) is 10.2. The highest BCUT2D eigenvalue weighted by Gasteiger charge is 1.96. The summed E-state index contributed by atoms with van der Waals surface area (Å²) in [5.74, 6) is 1.34. The van der Waals surface area contributed by atoms with E-state index in [0.717, 1.165) is 13.0 Å². The standard InChI is InChI=1S/C12H18N4O/c1-10(2)3-5-17-6-4-14-12-9-15-11(7-13)8-16-12/h8-10H,3-6H2,1-2H3,(H,14,16). The van der Waals surface area contributed by atoms with Crippen molar-refractivity contribution >= 4 is 5.82 Å². The van der Waals surface area contributed by atoms with E-state index in [4.69, 9.17) is 10.00 Å². The van der Waals surface area contributed by atoms with Crippen molar-refractivity contribution in [2.75, 3.05) is 25.1 Å². The van der Waals surface area contributed by atoms with Gasteiger partial charge in [0.25, 0.3) is 0 Å². The molecule has 0 fully saturated rings. The zero-order valence-corrected chi connectivity index (χ0v) is 10.3. The number of nitriles is 1. The molecule has 92 valence electrons. The second kappa shape index (κ2) is 7.58. The van der Waals surface area contributed by atoms with E-state index in [0.29, 0.717) is 30.6 Å². The third-order valence-electron chi connectivity index (χ3n) is 2.16. The van der Waals surface area contributed by atoms with Gasteiger partial charge in [-0.25, -0.2) is 9.97 Å². The second-order valence-corrected chi connectivity index (χ2v) is 4.12. The van der Waals surface area contributed by atoms with E-state index in [9.17, 15) is 0 Å². The molecular formula is C12H18N4O. The van der Waals surface area contributed by atoms with Gasteiger partial charge in [0.1, 0.15) is 11.9 Å². The maximum atomic E-state index is 8.55. The predicted molar refractivity (Wildman–Crippen MR) is 65.5 cm³/mol. The van der Waals surface area contributed by atoms with Crippen molar-refractivity contribution in [1.29, 1.82) is 5.26 Å². The van der Waals surface area contributed by atoms with Crippen LogP contribution in [0, 0.1) is 17.2 Å². The van der Waals surface area contributed by atoms with Crippen LogP contribution in [0.2, 0.25) is 0 Å². The van der Waals surface area contributed by atoms with Crippen molar-refractivity contribution in [2.45, 2.75) is 20.3 Å². The molecule has 0 radical (unpaired) electrons. The van der Waals surface area contributed by atoms with Crippen LogP contribution < -0.4 is 5.32 Å². The fourth-order valence-electron chi connectivity index (χ4n) is 1.15. The van der Waals surface area contributed by atoms with E-state index in [1.807, 2.05) is 6.07 Å². The highest BCUT2D eigenvalue weighted by Crippen LogP contribution is 2.00. The Morgan fingerprint density at radius 3 is 2.76 bits per heavy atom. The number of anilines is 1. The summed E-state index contributed by atoms with van der Waals surface area (Å²) < 4.78 is 5.45. The molecule has 0 saturated heterocycles. The van der Waals surface area contributed by atoms with Gasteiger partial charge in [-0.05, 0) is 12.3 Å². The smallest absolute Gasteiger partial charge is 0.158 e. The van der Waals surface area contributed by atoms with Crippen molar-refractivity contribution in [3.05, 3.63) is 18.1 Å².